The molecule has 1 saturated heterocycles. The molecular weight excluding hydrogens is 399 g/mol. The van der Waals surface area contributed by atoms with Crippen molar-refractivity contribution < 1.29 is 23.5 Å². The summed E-state index contributed by atoms with van der Waals surface area (Å²) >= 11 is 5.93. The van der Waals surface area contributed by atoms with E-state index >= 15 is 0 Å². The summed E-state index contributed by atoms with van der Waals surface area (Å²) in [7, 11) is 0. The minimum absolute atomic E-state index is 0.0581. The van der Waals surface area contributed by atoms with Gasteiger partial charge >= 0.3 is 5.97 Å². The summed E-state index contributed by atoms with van der Waals surface area (Å²) in [6, 6.07) is 10.3. The highest BCUT2D eigenvalue weighted by molar-refractivity contribution is 6.33. The highest BCUT2D eigenvalue weighted by Gasteiger charge is 2.26. The van der Waals surface area contributed by atoms with Crippen molar-refractivity contribution >= 4 is 29.4 Å². The number of nitrogens with zero attached hydrogens (tertiary/aromatic N) is 1. The highest BCUT2D eigenvalue weighted by Crippen LogP contribution is 2.21. The molecule has 29 heavy (non-hydrogen) atoms. The third-order valence-corrected chi connectivity index (χ3v) is 4.96. The molecule has 1 fully saturated rings. The first-order valence-corrected chi connectivity index (χ1v) is 9.55. The van der Waals surface area contributed by atoms with Crippen molar-refractivity contribution in [1.82, 2.24) is 10.2 Å². The van der Waals surface area contributed by atoms with E-state index in [9.17, 15) is 18.8 Å². The lowest BCUT2D eigenvalue weighted by molar-refractivity contribution is -0.131. The van der Waals surface area contributed by atoms with Crippen LogP contribution < -0.4 is 10.1 Å². The number of piperidine rings is 1. The lowest BCUT2D eigenvalue weighted by Gasteiger charge is -2.32. The Labute approximate surface area is 172 Å². The quantitative estimate of drug-likeness (QED) is 0.609. The van der Waals surface area contributed by atoms with Gasteiger partial charge in [0.25, 0.3) is 11.8 Å². The predicted molar refractivity (Wildman–Crippen MR) is 106 cm³/mol. The fourth-order valence-corrected chi connectivity index (χ4v) is 3.49. The molecule has 8 heteroatoms. The predicted octanol–water partition coefficient (Wildman–Crippen LogP) is 3.44. The Morgan fingerprint density at radius 1 is 1.14 bits per heavy atom. The molecule has 0 spiro atoms. The molecular formula is C21H20ClFN2O4. The van der Waals surface area contributed by atoms with E-state index in [0.29, 0.717) is 37.2 Å². The molecule has 0 bridgehead atoms. The molecule has 1 aliphatic rings. The van der Waals surface area contributed by atoms with Crippen LogP contribution in [0.15, 0.2) is 42.5 Å². The highest BCUT2D eigenvalue weighted by atomic mass is 35.5. The third-order valence-electron chi connectivity index (χ3n) is 4.65. The summed E-state index contributed by atoms with van der Waals surface area (Å²) < 4.78 is 18.9. The number of halogens is 2. The first-order chi connectivity index (χ1) is 13.8. The molecule has 6 nitrogen and oxygen atoms in total. The van der Waals surface area contributed by atoms with Crippen LogP contribution in [0.5, 0.6) is 5.75 Å². The van der Waals surface area contributed by atoms with E-state index < -0.39 is 17.7 Å². The molecule has 2 amide bonds. The normalized spacial score (nSPS) is 14.4. The van der Waals surface area contributed by atoms with Gasteiger partial charge in [0.1, 0.15) is 11.6 Å². The van der Waals surface area contributed by atoms with Gasteiger partial charge in [-0.15, -0.1) is 0 Å². The molecule has 0 atom stereocenters. The number of carbonyl (C=O) groups is 3. The van der Waals surface area contributed by atoms with E-state index in [1.54, 1.807) is 23.1 Å². The number of hydrogen-bond donors (Lipinski definition) is 1. The molecule has 3 rings (SSSR count). The van der Waals surface area contributed by atoms with Gasteiger partial charge in [0.05, 0.1) is 10.6 Å². The van der Waals surface area contributed by atoms with Crippen molar-refractivity contribution in [2.45, 2.75) is 25.8 Å². The zero-order chi connectivity index (χ0) is 21.0. The minimum atomic E-state index is -0.671. The first-order valence-electron chi connectivity index (χ1n) is 9.18. The van der Waals surface area contributed by atoms with Crippen LogP contribution in [0.4, 0.5) is 4.39 Å². The zero-order valence-corrected chi connectivity index (χ0v) is 16.5. The maximum Gasteiger partial charge on any atom is 0.308 e. The number of carbonyl (C=O) groups excluding carboxylic acids is 3. The van der Waals surface area contributed by atoms with E-state index in [1.807, 2.05) is 0 Å². The number of esters is 1. The molecule has 1 heterocycles. The summed E-state index contributed by atoms with van der Waals surface area (Å²) in [6.45, 7) is 2.17. The molecule has 0 radical (unpaired) electrons. The van der Waals surface area contributed by atoms with E-state index in [1.165, 1.54) is 31.2 Å². The minimum Gasteiger partial charge on any atom is -0.427 e. The summed E-state index contributed by atoms with van der Waals surface area (Å²) in [5, 5.41) is 2.85. The van der Waals surface area contributed by atoms with Crippen LogP contribution in [0, 0.1) is 5.82 Å². The van der Waals surface area contributed by atoms with Crippen LogP contribution in [-0.2, 0) is 4.79 Å². The Morgan fingerprint density at radius 2 is 1.83 bits per heavy atom. The van der Waals surface area contributed by atoms with Crippen LogP contribution in [-0.4, -0.2) is 41.8 Å². The fourth-order valence-electron chi connectivity index (χ4n) is 3.24. The number of amides is 2. The monoisotopic (exact) mass is 418 g/mol. The summed E-state index contributed by atoms with van der Waals surface area (Å²) in [5.41, 5.74) is 0.249. The molecule has 0 aromatic heterocycles. The number of rotatable bonds is 4. The standard InChI is InChI=1S/C21H20ClFN2O4/c1-13(26)29-16-5-2-4-14(12-16)21(28)25-10-8-15(9-11-25)24-20(27)19-17(22)6-3-7-18(19)23/h2-7,12,15H,8-11H2,1H3,(H,24,27). The largest absolute Gasteiger partial charge is 0.427 e. The van der Waals surface area contributed by atoms with Gasteiger partial charge < -0.3 is 15.0 Å². The molecule has 2 aromatic rings. The number of benzene rings is 2. The number of hydrogen-bond acceptors (Lipinski definition) is 4. The van der Waals surface area contributed by atoms with E-state index in [-0.39, 0.29) is 22.5 Å². The molecule has 152 valence electrons. The molecule has 0 aliphatic carbocycles. The lowest BCUT2D eigenvalue weighted by Crippen LogP contribution is -2.46. The zero-order valence-electron chi connectivity index (χ0n) is 15.8. The number of nitrogens with one attached hydrogen (secondary N) is 1. The van der Waals surface area contributed by atoms with E-state index in [4.69, 9.17) is 16.3 Å². The Balaban J connectivity index is 1.58. The lowest BCUT2D eigenvalue weighted by atomic mass is 10.0. The van der Waals surface area contributed by atoms with Crippen molar-refractivity contribution in [1.29, 1.82) is 0 Å². The first kappa shape index (κ1) is 20.8. The van der Waals surface area contributed by atoms with Gasteiger partial charge in [-0.05, 0) is 43.2 Å². The van der Waals surface area contributed by atoms with Crippen LogP contribution in [0.25, 0.3) is 0 Å². The molecule has 1 N–H and O–H groups in total. The number of likely N-dealkylation sites (tertiary alicyclic amines) is 1. The van der Waals surface area contributed by atoms with Crippen LogP contribution in [0.1, 0.15) is 40.5 Å². The summed E-state index contributed by atoms with van der Waals surface area (Å²) in [5.74, 6) is -1.56. The van der Waals surface area contributed by atoms with E-state index in [2.05, 4.69) is 5.32 Å². The van der Waals surface area contributed by atoms with Gasteiger partial charge in [0.2, 0.25) is 0 Å². The van der Waals surface area contributed by atoms with Gasteiger partial charge in [-0.3, -0.25) is 14.4 Å². The fraction of sp³-hybridized carbons (Fsp3) is 0.286. The van der Waals surface area contributed by atoms with Crippen molar-refractivity contribution in [2.75, 3.05) is 13.1 Å². The molecule has 1 aliphatic heterocycles. The van der Waals surface area contributed by atoms with Crippen molar-refractivity contribution in [3.05, 3.63) is 64.4 Å². The molecule has 0 saturated carbocycles. The topological polar surface area (TPSA) is 75.7 Å². The summed E-state index contributed by atoms with van der Waals surface area (Å²) in [4.78, 5) is 37.8. The summed E-state index contributed by atoms with van der Waals surface area (Å²) in [6.07, 6.45) is 1.07. The van der Waals surface area contributed by atoms with Gasteiger partial charge in [0.15, 0.2) is 0 Å². The van der Waals surface area contributed by atoms with Crippen LogP contribution in [0.3, 0.4) is 0 Å². The van der Waals surface area contributed by atoms with Gasteiger partial charge in [-0.1, -0.05) is 23.7 Å². The van der Waals surface area contributed by atoms with Gasteiger partial charge in [-0.2, -0.15) is 0 Å². The second-order valence-electron chi connectivity index (χ2n) is 6.76. The maximum absolute atomic E-state index is 13.9. The Kier molecular flexibility index (Phi) is 6.49. The third kappa shape index (κ3) is 5.12. The maximum atomic E-state index is 13.9. The number of ether oxygens (including phenoxy) is 1. The Hall–Kier alpha value is -2.93. The SMILES string of the molecule is CC(=O)Oc1cccc(C(=O)N2CCC(NC(=O)c3c(F)cccc3Cl)CC2)c1. The Morgan fingerprint density at radius 3 is 2.48 bits per heavy atom. The molecule has 0 unspecified atom stereocenters. The second-order valence-corrected chi connectivity index (χ2v) is 7.17. The van der Waals surface area contributed by atoms with Crippen molar-refractivity contribution in [3.63, 3.8) is 0 Å². The average Bonchev–Trinajstić information content (AvgIpc) is 2.67. The van der Waals surface area contributed by atoms with Gasteiger partial charge in [0, 0.05) is 31.6 Å². The van der Waals surface area contributed by atoms with Crippen LogP contribution >= 0.6 is 11.6 Å². The average molecular weight is 419 g/mol. The van der Waals surface area contributed by atoms with Crippen molar-refractivity contribution in [2.24, 2.45) is 0 Å². The van der Waals surface area contributed by atoms with Crippen molar-refractivity contribution in [3.8, 4) is 5.75 Å². The van der Waals surface area contributed by atoms with E-state index in [0.717, 1.165) is 0 Å². The smallest absolute Gasteiger partial charge is 0.308 e. The molecule has 2 aromatic carbocycles. The Bertz CT molecular complexity index is 922. The van der Waals surface area contributed by atoms with Crippen LogP contribution in [0.2, 0.25) is 5.02 Å². The second kappa shape index (κ2) is 9.05. The van der Waals surface area contributed by atoms with Gasteiger partial charge in [-0.25, -0.2) is 4.39 Å².